The van der Waals surface area contributed by atoms with Gasteiger partial charge in [0, 0.05) is 5.56 Å². The van der Waals surface area contributed by atoms with E-state index in [-0.39, 0.29) is 23.4 Å². The average molecular weight is 398 g/mol. The molecular weight excluding hydrogens is 362 g/mol. The van der Waals surface area contributed by atoms with Crippen molar-refractivity contribution >= 4 is 14.3 Å². The molecule has 0 saturated heterocycles. The SMILES string of the molecule is C=C(C)COC(c1onc(C(=O)OCC)c1C)C(C)O[Si](C)(C)C(C)(C)C. The van der Waals surface area contributed by atoms with Crippen LogP contribution < -0.4 is 0 Å². The van der Waals surface area contributed by atoms with Crippen molar-refractivity contribution in [2.45, 2.75) is 78.8 Å². The summed E-state index contributed by atoms with van der Waals surface area (Å²) in [4.78, 5) is 12.1. The molecule has 0 fully saturated rings. The molecule has 0 aliphatic rings. The Morgan fingerprint density at radius 2 is 1.93 bits per heavy atom. The number of carbonyl (C=O) groups is 1. The van der Waals surface area contributed by atoms with E-state index in [1.165, 1.54) is 0 Å². The number of ether oxygens (including phenoxy) is 2. The van der Waals surface area contributed by atoms with Gasteiger partial charge in [0.15, 0.2) is 19.8 Å². The first-order valence-electron chi connectivity index (χ1n) is 9.39. The van der Waals surface area contributed by atoms with Crippen molar-refractivity contribution in [2.24, 2.45) is 0 Å². The highest BCUT2D eigenvalue weighted by molar-refractivity contribution is 6.74. The molecule has 0 N–H and O–H groups in total. The van der Waals surface area contributed by atoms with E-state index in [1.54, 1.807) is 13.8 Å². The van der Waals surface area contributed by atoms with Gasteiger partial charge in [0.25, 0.3) is 0 Å². The number of carbonyl (C=O) groups excluding carboxylic acids is 1. The molecule has 1 rings (SSSR count). The minimum atomic E-state index is -2.02. The van der Waals surface area contributed by atoms with Crippen molar-refractivity contribution in [2.75, 3.05) is 13.2 Å². The number of esters is 1. The van der Waals surface area contributed by atoms with Gasteiger partial charge in [-0.15, -0.1) is 0 Å². The molecule has 0 aliphatic heterocycles. The van der Waals surface area contributed by atoms with E-state index >= 15 is 0 Å². The second-order valence-corrected chi connectivity index (χ2v) is 13.3. The largest absolute Gasteiger partial charge is 0.461 e. The summed E-state index contributed by atoms with van der Waals surface area (Å²) < 4.78 is 23.1. The fourth-order valence-electron chi connectivity index (χ4n) is 2.36. The molecule has 27 heavy (non-hydrogen) atoms. The van der Waals surface area contributed by atoms with Crippen LogP contribution >= 0.6 is 0 Å². The minimum Gasteiger partial charge on any atom is -0.461 e. The number of rotatable bonds is 9. The highest BCUT2D eigenvalue weighted by Gasteiger charge is 2.41. The lowest BCUT2D eigenvalue weighted by atomic mass is 10.1. The van der Waals surface area contributed by atoms with E-state index in [1.807, 2.05) is 13.8 Å². The average Bonchev–Trinajstić information content (AvgIpc) is 2.87. The summed E-state index contributed by atoms with van der Waals surface area (Å²) in [6.45, 7) is 22.9. The maximum absolute atomic E-state index is 12.1. The molecule has 0 spiro atoms. The molecule has 0 bridgehead atoms. The molecule has 154 valence electrons. The number of nitrogens with zero attached hydrogens (tertiary/aromatic N) is 1. The van der Waals surface area contributed by atoms with E-state index in [2.05, 4.69) is 45.6 Å². The molecule has 0 aromatic carbocycles. The van der Waals surface area contributed by atoms with Gasteiger partial charge in [-0.25, -0.2) is 4.79 Å². The van der Waals surface area contributed by atoms with Crippen LogP contribution in [0.3, 0.4) is 0 Å². The standard InChI is InChI=1S/C20H35NO5Si/c1-11-23-19(22)16-14(4)17(25-21-16)18(24-12-13(2)3)15(5)26-27(9,10)20(6,7)8/h15,18H,2,11-12H2,1,3-10H3. The molecule has 0 radical (unpaired) electrons. The third-order valence-corrected chi connectivity index (χ3v) is 9.48. The predicted octanol–water partition coefficient (Wildman–Crippen LogP) is 5.20. The summed E-state index contributed by atoms with van der Waals surface area (Å²) in [7, 11) is -2.02. The lowest BCUT2D eigenvalue weighted by Crippen LogP contribution is -2.45. The van der Waals surface area contributed by atoms with Gasteiger partial charge in [-0.1, -0.05) is 38.1 Å². The van der Waals surface area contributed by atoms with Crippen molar-refractivity contribution in [3.05, 3.63) is 29.2 Å². The Hall–Kier alpha value is -1.44. The molecule has 1 aromatic heterocycles. The summed E-state index contributed by atoms with van der Waals surface area (Å²) in [6, 6.07) is 0. The molecule has 1 aromatic rings. The monoisotopic (exact) mass is 397 g/mol. The van der Waals surface area contributed by atoms with Crippen LogP contribution in [0.25, 0.3) is 0 Å². The molecule has 7 heteroatoms. The first-order chi connectivity index (χ1) is 12.3. The summed E-state index contributed by atoms with van der Waals surface area (Å²) >= 11 is 0. The van der Waals surface area contributed by atoms with Crippen LogP contribution in [0.1, 0.15) is 69.5 Å². The number of hydrogen-bond donors (Lipinski definition) is 0. The van der Waals surface area contributed by atoms with E-state index in [4.69, 9.17) is 18.4 Å². The molecule has 2 atom stereocenters. The Bertz CT molecular complexity index is 660. The van der Waals surface area contributed by atoms with Crippen molar-refractivity contribution in [3.63, 3.8) is 0 Å². The van der Waals surface area contributed by atoms with Gasteiger partial charge in [-0.3, -0.25) is 0 Å². The zero-order valence-corrected chi connectivity index (χ0v) is 19.3. The van der Waals surface area contributed by atoms with Gasteiger partial charge in [0.2, 0.25) is 0 Å². The summed E-state index contributed by atoms with van der Waals surface area (Å²) in [5.74, 6) is -0.00729. The van der Waals surface area contributed by atoms with Crippen molar-refractivity contribution in [3.8, 4) is 0 Å². The second kappa shape index (κ2) is 9.17. The lowest BCUT2D eigenvalue weighted by Gasteiger charge is -2.40. The predicted molar refractivity (Wildman–Crippen MR) is 108 cm³/mol. The zero-order chi connectivity index (χ0) is 21.0. The fraction of sp³-hybridized carbons (Fsp3) is 0.700. The molecule has 2 unspecified atom stereocenters. The van der Waals surface area contributed by atoms with E-state index < -0.39 is 20.4 Å². The number of hydrogen-bond acceptors (Lipinski definition) is 6. The maximum atomic E-state index is 12.1. The van der Waals surface area contributed by atoms with Gasteiger partial charge in [-0.2, -0.15) is 0 Å². The van der Waals surface area contributed by atoms with Crippen molar-refractivity contribution in [1.29, 1.82) is 0 Å². The fourth-order valence-corrected chi connectivity index (χ4v) is 3.77. The topological polar surface area (TPSA) is 70.8 Å². The van der Waals surface area contributed by atoms with Crippen LogP contribution in [0.15, 0.2) is 16.7 Å². The molecule has 0 amide bonds. The van der Waals surface area contributed by atoms with Gasteiger partial charge in [0.1, 0.15) is 6.10 Å². The van der Waals surface area contributed by atoms with E-state index in [0.717, 1.165) is 5.57 Å². The third-order valence-electron chi connectivity index (χ3n) is 4.91. The van der Waals surface area contributed by atoms with Gasteiger partial charge < -0.3 is 18.4 Å². The minimum absolute atomic E-state index is 0.0622. The van der Waals surface area contributed by atoms with Crippen LogP contribution in [0.4, 0.5) is 0 Å². The zero-order valence-electron chi connectivity index (χ0n) is 18.3. The van der Waals surface area contributed by atoms with Crippen LogP contribution in [0.5, 0.6) is 0 Å². The molecule has 6 nitrogen and oxygen atoms in total. The van der Waals surface area contributed by atoms with Crippen LogP contribution in [-0.2, 0) is 13.9 Å². The van der Waals surface area contributed by atoms with E-state index in [9.17, 15) is 4.79 Å². The van der Waals surface area contributed by atoms with E-state index in [0.29, 0.717) is 17.9 Å². The lowest BCUT2D eigenvalue weighted by molar-refractivity contribution is -0.0308. The molecular formula is C20H35NO5Si. The van der Waals surface area contributed by atoms with Crippen LogP contribution in [0.2, 0.25) is 18.1 Å². The van der Waals surface area contributed by atoms with Crippen LogP contribution in [-0.4, -0.2) is 38.8 Å². The number of aromatic nitrogens is 1. The highest BCUT2D eigenvalue weighted by Crippen LogP contribution is 2.39. The van der Waals surface area contributed by atoms with Crippen molar-refractivity contribution < 1.29 is 23.2 Å². The summed E-state index contributed by atoms with van der Waals surface area (Å²) in [6.07, 6.45) is -0.765. The Morgan fingerprint density at radius 1 is 1.33 bits per heavy atom. The highest BCUT2D eigenvalue weighted by atomic mass is 28.4. The summed E-state index contributed by atoms with van der Waals surface area (Å²) in [5, 5.41) is 3.98. The summed E-state index contributed by atoms with van der Waals surface area (Å²) in [5.41, 5.74) is 1.68. The Labute approximate surface area is 164 Å². The smallest absolute Gasteiger partial charge is 0.360 e. The van der Waals surface area contributed by atoms with Gasteiger partial charge >= 0.3 is 5.97 Å². The molecule has 1 heterocycles. The quantitative estimate of drug-likeness (QED) is 0.324. The first-order valence-corrected chi connectivity index (χ1v) is 12.3. The first kappa shape index (κ1) is 23.6. The maximum Gasteiger partial charge on any atom is 0.360 e. The Kier molecular flexibility index (Phi) is 8.01. The Morgan fingerprint density at radius 3 is 2.41 bits per heavy atom. The van der Waals surface area contributed by atoms with Gasteiger partial charge in [0.05, 0.1) is 19.3 Å². The third kappa shape index (κ3) is 6.02. The normalized spacial score (nSPS) is 14.7. The molecule has 0 aliphatic carbocycles. The molecule has 0 saturated carbocycles. The van der Waals surface area contributed by atoms with Crippen molar-refractivity contribution in [1.82, 2.24) is 5.16 Å². The van der Waals surface area contributed by atoms with Gasteiger partial charge in [-0.05, 0) is 45.8 Å². The van der Waals surface area contributed by atoms with Crippen LogP contribution in [0, 0.1) is 6.92 Å². The Balaban J connectivity index is 3.18. The second-order valence-electron chi connectivity index (χ2n) is 8.51.